The van der Waals surface area contributed by atoms with Gasteiger partial charge in [0.25, 0.3) is 15.9 Å². The molecule has 41 heavy (non-hydrogen) atoms. The largest absolute Gasteiger partial charge is 0.455 e. The van der Waals surface area contributed by atoms with Crippen molar-refractivity contribution in [3.8, 4) is 11.3 Å². The first-order chi connectivity index (χ1) is 19.4. The van der Waals surface area contributed by atoms with E-state index in [2.05, 4.69) is 20.4 Å². The van der Waals surface area contributed by atoms with Crippen LogP contribution in [0.1, 0.15) is 40.1 Å². The molecule has 2 N–H and O–H groups in total. The molecule has 0 saturated heterocycles. The minimum absolute atomic E-state index is 0.00396. The Bertz CT molecular complexity index is 1970. The van der Waals surface area contributed by atoms with E-state index in [0.717, 1.165) is 11.8 Å². The molecular formula is C28H25ClN6O5S. The fourth-order valence-electron chi connectivity index (χ4n) is 4.47. The number of carbonyl (C=O) groups excluding carboxylic acids is 1. The summed E-state index contributed by atoms with van der Waals surface area (Å²) >= 11 is 6.08. The molecule has 5 aromatic rings. The number of fused-ring (bicyclic) bond motifs is 1. The Morgan fingerprint density at radius 3 is 2.61 bits per heavy atom. The monoisotopic (exact) mass is 592 g/mol. The van der Waals surface area contributed by atoms with E-state index in [0.29, 0.717) is 33.4 Å². The number of sulfonamides is 1. The van der Waals surface area contributed by atoms with Crippen LogP contribution in [0.25, 0.3) is 22.3 Å². The van der Waals surface area contributed by atoms with Crippen molar-refractivity contribution in [2.24, 2.45) is 7.05 Å². The average molecular weight is 593 g/mol. The van der Waals surface area contributed by atoms with Gasteiger partial charge in [-0.3, -0.25) is 19.3 Å². The van der Waals surface area contributed by atoms with Gasteiger partial charge >= 0.3 is 0 Å². The van der Waals surface area contributed by atoms with Crippen LogP contribution in [0, 0.1) is 13.8 Å². The van der Waals surface area contributed by atoms with E-state index in [9.17, 15) is 18.0 Å². The van der Waals surface area contributed by atoms with Gasteiger partial charge in [-0.15, -0.1) is 0 Å². The second-order valence-corrected chi connectivity index (χ2v) is 11.6. The minimum atomic E-state index is -4.22. The van der Waals surface area contributed by atoms with Gasteiger partial charge < -0.3 is 9.73 Å². The summed E-state index contributed by atoms with van der Waals surface area (Å²) in [5.41, 5.74) is 2.78. The first kappa shape index (κ1) is 28.0. The molecule has 0 fully saturated rings. The molecule has 1 amide bonds. The summed E-state index contributed by atoms with van der Waals surface area (Å²) in [5, 5.41) is 7.81. The number of carbonyl (C=O) groups is 1. The summed E-state index contributed by atoms with van der Waals surface area (Å²) in [5.74, 6) is -0.581. The van der Waals surface area contributed by atoms with E-state index in [1.165, 1.54) is 30.5 Å². The highest BCUT2D eigenvalue weighted by atomic mass is 35.5. The SMILES string of the molecule is Cc1cc(C(C)Nc2ccc(Cl)nc2C(=O)NS(=O)(=O)c2cccnc2)c2oc(-c3cnn(C)c3)c(C)c(=O)c2c1. The summed E-state index contributed by atoms with van der Waals surface area (Å²) in [6, 6.07) is 8.88. The molecule has 0 aliphatic heterocycles. The number of nitrogens with one attached hydrogen (secondary N) is 2. The zero-order valence-electron chi connectivity index (χ0n) is 22.5. The highest BCUT2D eigenvalue weighted by Crippen LogP contribution is 2.32. The summed E-state index contributed by atoms with van der Waals surface area (Å²) in [6.07, 6.45) is 5.92. The Labute approximate surface area is 240 Å². The molecule has 1 unspecified atom stereocenters. The molecule has 0 aliphatic rings. The third-order valence-corrected chi connectivity index (χ3v) is 7.97. The molecule has 0 radical (unpaired) electrons. The number of benzene rings is 1. The normalized spacial score (nSPS) is 12.3. The number of pyridine rings is 2. The Balaban J connectivity index is 1.55. The number of hydrogen-bond donors (Lipinski definition) is 2. The van der Waals surface area contributed by atoms with Crippen LogP contribution in [0.5, 0.6) is 0 Å². The topological polar surface area (TPSA) is 149 Å². The predicted molar refractivity (Wildman–Crippen MR) is 154 cm³/mol. The maximum absolute atomic E-state index is 13.4. The van der Waals surface area contributed by atoms with Crippen molar-refractivity contribution in [2.45, 2.75) is 31.7 Å². The highest BCUT2D eigenvalue weighted by molar-refractivity contribution is 7.90. The third kappa shape index (κ3) is 5.56. The zero-order valence-corrected chi connectivity index (χ0v) is 24.0. The smallest absolute Gasteiger partial charge is 0.285 e. The molecular weight excluding hydrogens is 568 g/mol. The molecule has 0 spiro atoms. The molecule has 0 saturated carbocycles. The van der Waals surface area contributed by atoms with Crippen LogP contribution in [-0.2, 0) is 17.1 Å². The summed E-state index contributed by atoms with van der Waals surface area (Å²) < 4.78 is 35.5. The number of rotatable bonds is 7. The second-order valence-electron chi connectivity index (χ2n) is 9.54. The van der Waals surface area contributed by atoms with Crippen LogP contribution in [-0.4, -0.2) is 34.1 Å². The molecule has 1 aromatic carbocycles. The molecule has 1 atom stereocenters. The molecule has 5 rings (SSSR count). The lowest BCUT2D eigenvalue weighted by Crippen LogP contribution is -2.32. The van der Waals surface area contributed by atoms with Gasteiger partial charge in [-0.2, -0.15) is 5.10 Å². The molecule has 4 aromatic heterocycles. The lowest BCUT2D eigenvalue weighted by atomic mass is 9.99. The fourth-order valence-corrected chi connectivity index (χ4v) is 5.54. The number of amides is 1. The Kier molecular flexibility index (Phi) is 7.37. The van der Waals surface area contributed by atoms with Gasteiger partial charge in [0.1, 0.15) is 21.4 Å². The second kappa shape index (κ2) is 10.8. The number of halogens is 1. The standard InChI is InChI=1S/C28H25ClN6O5S/c1-15-10-20(27-21(11-15)25(36)16(2)26(40-27)18-12-31-35(4)14-18)17(3)32-22-7-8-23(29)33-24(22)28(37)34-41(38,39)19-6-5-9-30-13-19/h5-14,17,32H,1-4H3,(H,34,37). The molecule has 4 heterocycles. The number of aromatic nitrogens is 4. The minimum Gasteiger partial charge on any atom is -0.455 e. The maximum atomic E-state index is 13.4. The van der Waals surface area contributed by atoms with Crippen molar-refractivity contribution in [3.63, 3.8) is 0 Å². The molecule has 210 valence electrons. The van der Waals surface area contributed by atoms with Gasteiger partial charge in [0.15, 0.2) is 11.1 Å². The van der Waals surface area contributed by atoms with Crippen LogP contribution < -0.4 is 15.5 Å². The Hall–Kier alpha value is -4.55. The van der Waals surface area contributed by atoms with Crippen molar-refractivity contribution in [2.75, 3.05) is 5.32 Å². The first-order valence-corrected chi connectivity index (χ1v) is 14.3. The van der Waals surface area contributed by atoms with E-state index in [1.54, 1.807) is 37.1 Å². The number of hydrogen-bond acceptors (Lipinski definition) is 9. The third-order valence-electron chi connectivity index (χ3n) is 6.45. The average Bonchev–Trinajstić information content (AvgIpc) is 3.37. The van der Waals surface area contributed by atoms with Crippen LogP contribution in [0.3, 0.4) is 0 Å². The Morgan fingerprint density at radius 2 is 1.93 bits per heavy atom. The lowest BCUT2D eigenvalue weighted by molar-refractivity contribution is 0.0977. The van der Waals surface area contributed by atoms with Crippen LogP contribution in [0.2, 0.25) is 5.15 Å². The quantitative estimate of drug-likeness (QED) is 0.260. The van der Waals surface area contributed by atoms with E-state index in [1.807, 2.05) is 24.6 Å². The number of nitrogens with zero attached hydrogens (tertiary/aromatic N) is 4. The maximum Gasteiger partial charge on any atom is 0.285 e. The van der Waals surface area contributed by atoms with Gasteiger partial charge in [0.2, 0.25) is 0 Å². The van der Waals surface area contributed by atoms with E-state index in [4.69, 9.17) is 16.0 Å². The molecule has 0 aliphatic carbocycles. The molecule has 13 heteroatoms. The van der Waals surface area contributed by atoms with Gasteiger partial charge in [0.05, 0.1) is 28.9 Å². The van der Waals surface area contributed by atoms with Crippen molar-refractivity contribution >= 4 is 44.2 Å². The van der Waals surface area contributed by atoms with Crippen molar-refractivity contribution in [1.82, 2.24) is 24.5 Å². The number of anilines is 1. The molecule has 11 nitrogen and oxygen atoms in total. The van der Waals surface area contributed by atoms with Crippen molar-refractivity contribution in [3.05, 3.63) is 98.9 Å². The van der Waals surface area contributed by atoms with E-state index in [-0.39, 0.29) is 26.9 Å². The van der Waals surface area contributed by atoms with Gasteiger partial charge in [-0.25, -0.2) is 18.1 Å². The van der Waals surface area contributed by atoms with Crippen LogP contribution in [0.4, 0.5) is 5.69 Å². The lowest BCUT2D eigenvalue weighted by Gasteiger charge is -2.20. The van der Waals surface area contributed by atoms with Crippen LogP contribution in [0.15, 0.2) is 75.3 Å². The van der Waals surface area contributed by atoms with E-state index < -0.39 is 22.0 Å². The van der Waals surface area contributed by atoms with Crippen molar-refractivity contribution in [1.29, 1.82) is 0 Å². The Morgan fingerprint density at radius 1 is 1.15 bits per heavy atom. The van der Waals surface area contributed by atoms with Gasteiger partial charge in [-0.05, 0) is 56.7 Å². The predicted octanol–water partition coefficient (Wildman–Crippen LogP) is 4.55. The summed E-state index contributed by atoms with van der Waals surface area (Å²) in [6.45, 7) is 5.40. The zero-order chi connectivity index (χ0) is 29.5. The highest BCUT2D eigenvalue weighted by Gasteiger charge is 2.25. The van der Waals surface area contributed by atoms with Gasteiger partial charge in [-0.1, -0.05) is 17.7 Å². The fraction of sp³-hybridized carbons (Fsp3) is 0.179. The number of aryl methyl sites for hydroxylation is 2. The summed E-state index contributed by atoms with van der Waals surface area (Å²) in [7, 11) is -2.45. The van der Waals surface area contributed by atoms with E-state index >= 15 is 0 Å². The van der Waals surface area contributed by atoms with Crippen LogP contribution >= 0.6 is 11.6 Å². The first-order valence-electron chi connectivity index (χ1n) is 12.4. The molecule has 0 bridgehead atoms. The van der Waals surface area contributed by atoms with Crippen molar-refractivity contribution < 1.29 is 17.6 Å². The van der Waals surface area contributed by atoms with Gasteiger partial charge in [0, 0.05) is 36.8 Å². The summed E-state index contributed by atoms with van der Waals surface area (Å²) in [4.78, 5) is 34.2.